The molecule has 1 saturated carbocycles. The molecule has 0 spiro atoms. The van der Waals surface area contributed by atoms with Crippen molar-refractivity contribution in [2.45, 2.75) is 25.5 Å². The number of carbonyl (C=O) groups excluding carboxylic acids is 2. The van der Waals surface area contributed by atoms with E-state index in [0.29, 0.717) is 25.5 Å². The van der Waals surface area contributed by atoms with Gasteiger partial charge in [0.25, 0.3) is 6.47 Å². The fraction of sp³-hybridized carbons (Fsp3) is 0.429. The zero-order valence-corrected chi connectivity index (χ0v) is 17.6. The van der Waals surface area contributed by atoms with Crippen molar-refractivity contribution in [2.24, 2.45) is 13.0 Å². The predicted molar refractivity (Wildman–Crippen MR) is 112 cm³/mol. The van der Waals surface area contributed by atoms with Gasteiger partial charge in [-0.2, -0.15) is 4.80 Å². The maximum Gasteiger partial charge on any atom is 0.290 e. The van der Waals surface area contributed by atoms with E-state index in [1.165, 1.54) is 4.80 Å². The number of Topliss-reactive ketones (excluding diaryl/α,β-unsaturated/α-hetero) is 1. The van der Waals surface area contributed by atoms with Crippen LogP contribution in [0.5, 0.6) is 0 Å². The van der Waals surface area contributed by atoms with Crippen molar-refractivity contribution in [1.82, 2.24) is 29.7 Å². The smallest absolute Gasteiger partial charge is 0.290 e. The molecule has 2 aliphatic rings. The molecule has 11 nitrogen and oxygen atoms in total. The first-order valence-electron chi connectivity index (χ1n) is 10.3. The summed E-state index contributed by atoms with van der Waals surface area (Å²) in [5, 5.41) is 19.8. The fourth-order valence-electron chi connectivity index (χ4n) is 3.84. The van der Waals surface area contributed by atoms with Crippen LogP contribution in [0.2, 0.25) is 0 Å². The molecule has 3 aromatic rings. The molecular weight excluding hydrogens is 416 g/mol. The van der Waals surface area contributed by atoms with Crippen molar-refractivity contribution < 1.29 is 24.2 Å². The second-order valence-corrected chi connectivity index (χ2v) is 7.77. The Bertz CT molecular complexity index is 1130. The predicted octanol–water partition coefficient (Wildman–Crippen LogP) is 1.06. The highest BCUT2D eigenvalue weighted by Gasteiger charge is 2.33. The third-order valence-corrected chi connectivity index (χ3v) is 5.54. The number of tetrazole rings is 1. The van der Waals surface area contributed by atoms with Gasteiger partial charge >= 0.3 is 0 Å². The summed E-state index contributed by atoms with van der Waals surface area (Å²) in [7, 11) is 1.69. The van der Waals surface area contributed by atoms with Crippen LogP contribution in [0, 0.1) is 5.92 Å². The summed E-state index contributed by atoms with van der Waals surface area (Å²) >= 11 is 0. The second kappa shape index (κ2) is 9.27. The second-order valence-electron chi connectivity index (χ2n) is 7.77. The van der Waals surface area contributed by atoms with Crippen LogP contribution in [-0.4, -0.2) is 72.6 Å². The molecule has 1 amide bonds. The molecule has 3 heterocycles. The molecule has 32 heavy (non-hydrogen) atoms. The number of aryl methyl sites for hydroxylation is 1. The number of morpholine rings is 1. The van der Waals surface area contributed by atoms with Crippen LogP contribution in [0.3, 0.4) is 0 Å². The zero-order valence-electron chi connectivity index (χ0n) is 17.6. The maximum absolute atomic E-state index is 13.0. The lowest BCUT2D eigenvalue weighted by molar-refractivity contribution is -0.139. The van der Waals surface area contributed by atoms with Gasteiger partial charge in [-0.3, -0.25) is 14.4 Å². The lowest BCUT2D eigenvalue weighted by Gasteiger charge is -2.31. The van der Waals surface area contributed by atoms with E-state index in [0.717, 1.165) is 29.3 Å². The number of amides is 1. The molecule has 1 aromatic carbocycles. The van der Waals surface area contributed by atoms with Gasteiger partial charge in [0.05, 0.1) is 20.2 Å². The van der Waals surface area contributed by atoms with Crippen molar-refractivity contribution in [3.05, 3.63) is 41.9 Å². The Hall–Kier alpha value is -3.60. The molecular formula is C21H24N6O5. The molecule has 11 heteroatoms. The topological polar surface area (TPSA) is 132 Å². The molecule has 1 atom stereocenters. The minimum atomic E-state index is -0.380. The minimum Gasteiger partial charge on any atom is -0.483 e. The van der Waals surface area contributed by atoms with Gasteiger partial charge in [-0.25, -0.2) is 0 Å². The van der Waals surface area contributed by atoms with E-state index < -0.39 is 0 Å². The number of hydrogen-bond donors (Lipinski definition) is 1. The van der Waals surface area contributed by atoms with Crippen LogP contribution >= 0.6 is 0 Å². The Balaban J connectivity index is 0.000000775. The van der Waals surface area contributed by atoms with Crippen LogP contribution in [-0.2, 0) is 27.9 Å². The molecule has 168 valence electrons. The Kier molecular flexibility index (Phi) is 6.26. The highest BCUT2D eigenvalue weighted by Crippen LogP contribution is 2.35. The monoisotopic (exact) mass is 440 g/mol. The van der Waals surface area contributed by atoms with E-state index in [9.17, 15) is 9.59 Å². The average molecular weight is 440 g/mol. The van der Waals surface area contributed by atoms with Gasteiger partial charge in [0, 0.05) is 35.1 Å². The number of ketones is 1. The molecule has 1 N–H and O–H groups in total. The number of carbonyl (C=O) groups is 3. The standard InChI is InChI=1S/C20H22N6O3.CH2O2/c1-24-22-20(21-23-24)17-11-25(8-9-29-17)18(27)12-26-10-15(19(28)13-6-7-13)14-4-2-3-5-16(14)26;2-1-3/h2-5,10,13,17H,6-9,11-12H2,1H3;1H,(H,2,3). The number of benzene rings is 1. The quantitative estimate of drug-likeness (QED) is 0.460. The first-order chi connectivity index (χ1) is 15.5. The highest BCUT2D eigenvalue weighted by atomic mass is 16.5. The highest BCUT2D eigenvalue weighted by molar-refractivity contribution is 6.10. The molecule has 1 aliphatic heterocycles. The van der Waals surface area contributed by atoms with Crippen molar-refractivity contribution in [2.75, 3.05) is 19.7 Å². The number of aromatic nitrogens is 5. The first-order valence-corrected chi connectivity index (χ1v) is 10.3. The number of carboxylic acid groups (broad SMARTS) is 1. The molecule has 1 saturated heterocycles. The summed E-state index contributed by atoms with van der Waals surface area (Å²) in [5.41, 5.74) is 1.63. The molecule has 2 aromatic heterocycles. The molecule has 5 rings (SSSR count). The van der Waals surface area contributed by atoms with Crippen molar-refractivity contribution in [3.8, 4) is 0 Å². The molecule has 1 aliphatic carbocycles. The molecule has 0 radical (unpaired) electrons. The minimum absolute atomic E-state index is 0.0200. The van der Waals surface area contributed by atoms with E-state index in [1.54, 1.807) is 11.9 Å². The summed E-state index contributed by atoms with van der Waals surface area (Å²) < 4.78 is 7.61. The van der Waals surface area contributed by atoms with Crippen molar-refractivity contribution in [3.63, 3.8) is 0 Å². The van der Waals surface area contributed by atoms with Gasteiger partial charge in [0.15, 0.2) is 5.78 Å². The number of para-hydroxylation sites is 1. The van der Waals surface area contributed by atoms with Gasteiger partial charge in [-0.15, -0.1) is 10.2 Å². The summed E-state index contributed by atoms with van der Waals surface area (Å²) in [6, 6.07) is 7.77. The Morgan fingerprint density at radius 2 is 2.03 bits per heavy atom. The van der Waals surface area contributed by atoms with Crippen molar-refractivity contribution >= 4 is 29.1 Å². The number of hydrogen-bond acceptors (Lipinski definition) is 7. The number of rotatable bonds is 5. The van der Waals surface area contributed by atoms with Crippen LogP contribution in [0.4, 0.5) is 0 Å². The van der Waals surface area contributed by atoms with E-state index in [1.807, 2.05) is 35.0 Å². The Morgan fingerprint density at radius 1 is 1.28 bits per heavy atom. The fourth-order valence-corrected chi connectivity index (χ4v) is 3.84. The maximum atomic E-state index is 13.0. The third-order valence-electron chi connectivity index (χ3n) is 5.54. The van der Waals surface area contributed by atoms with Crippen LogP contribution in [0.25, 0.3) is 10.9 Å². The summed E-state index contributed by atoms with van der Waals surface area (Å²) in [6.45, 7) is 1.26. The normalized spacial score (nSPS) is 18.2. The largest absolute Gasteiger partial charge is 0.483 e. The Morgan fingerprint density at radius 3 is 2.72 bits per heavy atom. The first kappa shape index (κ1) is 21.6. The number of fused-ring (bicyclic) bond motifs is 1. The summed E-state index contributed by atoms with van der Waals surface area (Å²) in [6.07, 6.45) is 3.38. The van der Waals surface area contributed by atoms with E-state index in [4.69, 9.17) is 14.6 Å². The average Bonchev–Trinajstić information content (AvgIpc) is 3.47. The lowest BCUT2D eigenvalue weighted by Crippen LogP contribution is -2.43. The van der Waals surface area contributed by atoms with Crippen LogP contribution < -0.4 is 0 Å². The zero-order chi connectivity index (χ0) is 22.7. The van der Waals surface area contributed by atoms with Gasteiger partial charge in [0.2, 0.25) is 11.7 Å². The SMILES string of the molecule is Cn1nnc(C2CN(C(=O)Cn3cc(C(=O)C4CC4)c4ccccc43)CCO2)n1.O=CO. The lowest BCUT2D eigenvalue weighted by atomic mass is 10.1. The van der Waals surface area contributed by atoms with Crippen molar-refractivity contribution in [1.29, 1.82) is 0 Å². The van der Waals surface area contributed by atoms with Crippen LogP contribution in [0.1, 0.15) is 35.1 Å². The molecule has 1 unspecified atom stereocenters. The summed E-state index contributed by atoms with van der Waals surface area (Å²) in [5.74, 6) is 0.791. The molecule has 0 bridgehead atoms. The third kappa shape index (κ3) is 4.52. The number of ether oxygens (including phenoxy) is 1. The summed E-state index contributed by atoms with van der Waals surface area (Å²) in [4.78, 5) is 37.2. The van der Waals surface area contributed by atoms with Gasteiger partial charge in [-0.1, -0.05) is 18.2 Å². The van der Waals surface area contributed by atoms with E-state index in [-0.39, 0.29) is 36.7 Å². The van der Waals surface area contributed by atoms with E-state index in [2.05, 4.69) is 15.4 Å². The van der Waals surface area contributed by atoms with Gasteiger partial charge < -0.3 is 19.3 Å². The van der Waals surface area contributed by atoms with Crippen LogP contribution in [0.15, 0.2) is 30.5 Å². The number of nitrogens with zero attached hydrogens (tertiary/aromatic N) is 6. The molecule has 2 fully saturated rings. The van der Waals surface area contributed by atoms with E-state index >= 15 is 0 Å². The van der Waals surface area contributed by atoms with Gasteiger partial charge in [0.1, 0.15) is 12.6 Å². The Labute approximate surface area is 183 Å². The van der Waals surface area contributed by atoms with Gasteiger partial charge in [-0.05, 0) is 24.1 Å².